The molecule has 0 amide bonds. The summed E-state index contributed by atoms with van der Waals surface area (Å²) in [5.41, 5.74) is 2.01. The van der Waals surface area contributed by atoms with Gasteiger partial charge in [0.1, 0.15) is 0 Å². The lowest BCUT2D eigenvalue weighted by Crippen LogP contribution is -1.75. The van der Waals surface area contributed by atoms with Crippen LogP contribution in [0.3, 0.4) is 0 Å². The van der Waals surface area contributed by atoms with Crippen LogP contribution in [-0.2, 0) is 6.42 Å². The van der Waals surface area contributed by atoms with Crippen LogP contribution in [0.1, 0.15) is 12.5 Å². The van der Waals surface area contributed by atoms with Gasteiger partial charge in [-0.3, -0.25) is 0 Å². The van der Waals surface area contributed by atoms with Gasteiger partial charge in [-0.25, -0.2) is 0 Å². The molecule has 0 aliphatic rings. The highest BCUT2D eigenvalue weighted by molar-refractivity contribution is 5.85. The zero-order chi connectivity index (χ0) is 8.55. The molecule has 2 rings (SSSR count). The standard InChI is InChI=1S/C10H11NO/c1-2-7-8-5-3-4-6-9(8)11-10(7)12/h3-6,11-12H,2H2,1H3. The Kier molecular flexibility index (Phi) is 1.54. The first kappa shape index (κ1) is 7.22. The fraction of sp³-hybridized carbons (Fsp3) is 0.200. The number of nitrogens with one attached hydrogen (secondary N) is 1. The number of hydrogen-bond acceptors (Lipinski definition) is 1. The second kappa shape index (κ2) is 2.55. The van der Waals surface area contributed by atoms with Crippen molar-refractivity contribution in [3.8, 4) is 5.88 Å². The Balaban J connectivity index is 2.81. The van der Waals surface area contributed by atoms with Gasteiger partial charge in [0, 0.05) is 16.5 Å². The van der Waals surface area contributed by atoms with Gasteiger partial charge in [-0.05, 0) is 12.5 Å². The number of benzene rings is 1. The van der Waals surface area contributed by atoms with E-state index in [9.17, 15) is 5.11 Å². The summed E-state index contributed by atoms with van der Waals surface area (Å²) in [5, 5.41) is 10.6. The first-order chi connectivity index (χ1) is 5.83. The molecular weight excluding hydrogens is 150 g/mol. The molecule has 62 valence electrons. The summed E-state index contributed by atoms with van der Waals surface area (Å²) in [7, 11) is 0. The number of fused-ring (bicyclic) bond motifs is 1. The number of rotatable bonds is 1. The summed E-state index contributed by atoms with van der Waals surface area (Å²) in [4.78, 5) is 2.93. The molecule has 0 atom stereocenters. The molecule has 2 N–H and O–H groups in total. The zero-order valence-corrected chi connectivity index (χ0v) is 6.96. The molecule has 0 spiro atoms. The summed E-state index contributed by atoms with van der Waals surface area (Å²) in [5.74, 6) is 0.304. The Hall–Kier alpha value is -1.44. The summed E-state index contributed by atoms with van der Waals surface area (Å²) in [6.45, 7) is 2.04. The van der Waals surface area contributed by atoms with Crippen molar-refractivity contribution in [3.05, 3.63) is 29.8 Å². The van der Waals surface area contributed by atoms with E-state index >= 15 is 0 Å². The molecular formula is C10H11NO. The van der Waals surface area contributed by atoms with E-state index in [0.29, 0.717) is 5.88 Å². The first-order valence-corrected chi connectivity index (χ1v) is 4.11. The number of aromatic amines is 1. The van der Waals surface area contributed by atoms with E-state index in [1.807, 2.05) is 31.2 Å². The lowest BCUT2D eigenvalue weighted by Gasteiger charge is -1.92. The fourth-order valence-corrected chi connectivity index (χ4v) is 1.54. The van der Waals surface area contributed by atoms with E-state index in [1.54, 1.807) is 0 Å². The van der Waals surface area contributed by atoms with Crippen molar-refractivity contribution in [2.75, 3.05) is 0 Å². The predicted octanol–water partition coefficient (Wildman–Crippen LogP) is 2.44. The number of aromatic hydroxyl groups is 1. The van der Waals surface area contributed by atoms with Crippen molar-refractivity contribution in [3.63, 3.8) is 0 Å². The lowest BCUT2D eigenvalue weighted by atomic mass is 10.1. The van der Waals surface area contributed by atoms with Crippen LogP contribution in [-0.4, -0.2) is 10.1 Å². The Morgan fingerprint density at radius 3 is 2.83 bits per heavy atom. The largest absolute Gasteiger partial charge is 0.494 e. The van der Waals surface area contributed by atoms with Gasteiger partial charge >= 0.3 is 0 Å². The molecule has 0 aliphatic heterocycles. The van der Waals surface area contributed by atoms with Gasteiger partial charge < -0.3 is 10.1 Å². The Labute approximate surface area is 70.8 Å². The maximum Gasteiger partial charge on any atom is 0.192 e. The molecule has 2 heteroatoms. The minimum absolute atomic E-state index is 0.304. The van der Waals surface area contributed by atoms with Gasteiger partial charge in [-0.2, -0.15) is 0 Å². The molecule has 1 aromatic carbocycles. The van der Waals surface area contributed by atoms with E-state index in [-0.39, 0.29) is 0 Å². The minimum atomic E-state index is 0.304. The zero-order valence-electron chi connectivity index (χ0n) is 6.96. The van der Waals surface area contributed by atoms with Crippen molar-refractivity contribution in [2.24, 2.45) is 0 Å². The molecule has 0 aliphatic carbocycles. The second-order valence-electron chi connectivity index (χ2n) is 2.85. The van der Waals surface area contributed by atoms with Gasteiger partial charge in [0.05, 0.1) is 0 Å². The highest BCUT2D eigenvalue weighted by Gasteiger charge is 2.06. The maximum absolute atomic E-state index is 9.48. The van der Waals surface area contributed by atoms with Crippen LogP contribution in [0.25, 0.3) is 10.9 Å². The monoisotopic (exact) mass is 161 g/mol. The SMILES string of the molecule is CCc1c(O)[nH]c2ccccc12. The molecule has 0 radical (unpaired) electrons. The van der Waals surface area contributed by atoms with Crippen LogP contribution >= 0.6 is 0 Å². The third kappa shape index (κ3) is 0.881. The first-order valence-electron chi connectivity index (χ1n) is 4.11. The van der Waals surface area contributed by atoms with E-state index < -0.39 is 0 Å². The van der Waals surface area contributed by atoms with Crippen molar-refractivity contribution >= 4 is 10.9 Å². The van der Waals surface area contributed by atoms with Crippen molar-refractivity contribution in [2.45, 2.75) is 13.3 Å². The number of aromatic nitrogens is 1. The summed E-state index contributed by atoms with van der Waals surface area (Å²) in [6, 6.07) is 7.92. The topological polar surface area (TPSA) is 36.0 Å². The molecule has 12 heavy (non-hydrogen) atoms. The molecule has 0 unspecified atom stereocenters. The Morgan fingerprint density at radius 2 is 2.08 bits per heavy atom. The van der Waals surface area contributed by atoms with Gasteiger partial charge in [0.2, 0.25) is 0 Å². The number of aryl methyl sites for hydroxylation is 1. The van der Waals surface area contributed by atoms with Gasteiger partial charge in [0.15, 0.2) is 5.88 Å². The summed E-state index contributed by atoms with van der Waals surface area (Å²) < 4.78 is 0. The molecule has 1 aromatic heterocycles. The number of hydrogen-bond donors (Lipinski definition) is 2. The Morgan fingerprint density at radius 1 is 1.33 bits per heavy atom. The average Bonchev–Trinajstić information content (AvgIpc) is 2.40. The van der Waals surface area contributed by atoms with Crippen LogP contribution < -0.4 is 0 Å². The van der Waals surface area contributed by atoms with E-state index in [1.165, 1.54) is 0 Å². The maximum atomic E-state index is 9.48. The van der Waals surface area contributed by atoms with Crippen molar-refractivity contribution in [1.82, 2.24) is 4.98 Å². The molecule has 0 saturated carbocycles. The highest BCUT2D eigenvalue weighted by atomic mass is 16.3. The third-order valence-electron chi connectivity index (χ3n) is 2.14. The van der Waals surface area contributed by atoms with Crippen molar-refractivity contribution < 1.29 is 5.11 Å². The Bertz CT molecular complexity index is 403. The van der Waals surface area contributed by atoms with Crippen LogP contribution in [0, 0.1) is 0 Å². The second-order valence-corrected chi connectivity index (χ2v) is 2.85. The number of H-pyrrole nitrogens is 1. The summed E-state index contributed by atoms with van der Waals surface area (Å²) >= 11 is 0. The molecule has 0 fully saturated rings. The molecule has 2 aromatic rings. The average molecular weight is 161 g/mol. The lowest BCUT2D eigenvalue weighted by molar-refractivity contribution is 0.452. The van der Waals surface area contributed by atoms with Crippen LogP contribution in [0.15, 0.2) is 24.3 Å². The predicted molar refractivity (Wildman–Crippen MR) is 49.3 cm³/mol. The van der Waals surface area contributed by atoms with Crippen LogP contribution in [0.4, 0.5) is 0 Å². The van der Waals surface area contributed by atoms with Crippen LogP contribution in [0.5, 0.6) is 5.88 Å². The normalized spacial score (nSPS) is 10.8. The molecule has 0 bridgehead atoms. The summed E-state index contributed by atoms with van der Waals surface area (Å²) in [6.07, 6.45) is 0.857. The molecule has 1 heterocycles. The van der Waals surface area contributed by atoms with E-state index in [2.05, 4.69) is 4.98 Å². The fourth-order valence-electron chi connectivity index (χ4n) is 1.54. The van der Waals surface area contributed by atoms with Crippen molar-refractivity contribution in [1.29, 1.82) is 0 Å². The third-order valence-corrected chi connectivity index (χ3v) is 2.14. The smallest absolute Gasteiger partial charge is 0.192 e. The molecule has 2 nitrogen and oxygen atoms in total. The van der Waals surface area contributed by atoms with E-state index in [0.717, 1.165) is 22.9 Å². The van der Waals surface area contributed by atoms with Gasteiger partial charge in [0.25, 0.3) is 0 Å². The minimum Gasteiger partial charge on any atom is -0.494 e. The van der Waals surface area contributed by atoms with E-state index in [4.69, 9.17) is 0 Å². The number of para-hydroxylation sites is 1. The van der Waals surface area contributed by atoms with Crippen LogP contribution in [0.2, 0.25) is 0 Å². The molecule has 0 saturated heterocycles. The van der Waals surface area contributed by atoms with Gasteiger partial charge in [-0.1, -0.05) is 25.1 Å². The quantitative estimate of drug-likeness (QED) is 0.662. The van der Waals surface area contributed by atoms with Gasteiger partial charge in [-0.15, -0.1) is 0 Å². The highest BCUT2D eigenvalue weighted by Crippen LogP contribution is 2.26.